The number of thiazole rings is 1. The number of nitrogens with zero attached hydrogens (tertiary/aromatic N) is 1. The summed E-state index contributed by atoms with van der Waals surface area (Å²) in [5, 5.41) is 6.42. The average Bonchev–Trinajstić information content (AvgIpc) is 2.93. The summed E-state index contributed by atoms with van der Waals surface area (Å²) in [6, 6.07) is 16.5. The summed E-state index contributed by atoms with van der Waals surface area (Å²) in [4.78, 5) is 4.47. The van der Waals surface area contributed by atoms with E-state index in [1.165, 1.54) is 11.1 Å². The smallest absolute Gasteiger partial charge is 0.187 e. The second-order valence-corrected chi connectivity index (χ2v) is 6.18. The van der Waals surface area contributed by atoms with Crippen molar-refractivity contribution in [2.24, 2.45) is 0 Å². The lowest BCUT2D eigenvalue weighted by atomic mass is 10.0. The number of hydrogen-bond acceptors (Lipinski definition) is 4. The van der Waals surface area contributed by atoms with Gasteiger partial charge in [0.15, 0.2) is 5.13 Å². The van der Waals surface area contributed by atoms with E-state index in [-0.39, 0.29) is 0 Å². The Balaban J connectivity index is 1.72. The molecule has 0 amide bonds. The largest absolute Gasteiger partial charge is 0.399 e. The fraction of sp³-hybridized carbons (Fsp3) is 0.167. The Labute approximate surface area is 134 Å². The van der Waals surface area contributed by atoms with Crippen LogP contribution in [-0.4, -0.2) is 4.98 Å². The minimum atomic E-state index is 0.810. The molecule has 0 unspecified atom stereocenters. The number of anilines is 3. The first-order valence-corrected chi connectivity index (χ1v) is 8.20. The van der Waals surface area contributed by atoms with Crippen molar-refractivity contribution in [3.05, 3.63) is 70.7 Å². The second kappa shape index (κ2) is 6.62. The van der Waals surface area contributed by atoms with Gasteiger partial charge in [0, 0.05) is 16.8 Å². The molecule has 0 radical (unpaired) electrons. The summed E-state index contributed by atoms with van der Waals surface area (Å²) in [5.74, 6) is 0. The molecule has 1 aromatic heterocycles. The van der Waals surface area contributed by atoms with Gasteiger partial charge < -0.3 is 11.1 Å². The zero-order valence-corrected chi connectivity index (χ0v) is 13.4. The molecule has 4 heteroatoms. The standard InChI is InChI=1S/C18H19N3S/c1-13-12-22-18(20-13)21-17-5-3-2-4-15(17)9-6-14-7-10-16(19)11-8-14/h2-5,7-8,10-12H,6,9,19H2,1H3,(H,20,21). The molecule has 3 rings (SSSR count). The molecule has 0 aliphatic heterocycles. The van der Waals surface area contributed by atoms with Crippen molar-refractivity contribution in [3.8, 4) is 0 Å². The molecule has 3 nitrogen and oxygen atoms in total. The van der Waals surface area contributed by atoms with Gasteiger partial charge in [-0.25, -0.2) is 4.98 Å². The van der Waals surface area contributed by atoms with Crippen LogP contribution in [0.2, 0.25) is 0 Å². The predicted molar refractivity (Wildman–Crippen MR) is 94.8 cm³/mol. The van der Waals surface area contributed by atoms with Gasteiger partial charge in [-0.05, 0) is 49.1 Å². The van der Waals surface area contributed by atoms with Gasteiger partial charge in [-0.3, -0.25) is 0 Å². The van der Waals surface area contributed by atoms with Gasteiger partial charge in [0.2, 0.25) is 0 Å². The molecule has 112 valence electrons. The molecule has 3 aromatic rings. The highest BCUT2D eigenvalue weighted by molar-refractivity contribution is 7.13. The van der Waals surface area contributed by atoms with Crippen molar-refractivity contribution in [2.45, 2.75) is 19.8 Å². The number of rotatable bonds is 5. The van der Waals surface area contributed by atoms with Gasteiger partial charge in [-0.2, -0.15) is 0 Å². The molecule has 0 atom stereocenters. The lowest BCUT2D eigenvalue weighted by Crippen LogP contribution is -1.98. The van der Waals surface area contributed by atoms with E-state index < -0.39 is 0 Å². The van der Waals surface area contributed by atoms with E-state index >= 15 is 0 Å². The minimum absolute atomic E-state index is 0.810. The first-order valence-electron chi connectivity index (χ1n) is 7.32. The van der Waals surface area contributed by atoms with Gasteiger partial charge in [0.05, 0.1) is 5.69 Å². The molecule has 0 bridgehead atoms. The maximum atomic E-state index is 5.73. The van der Waals surface area contributed by atoms with Gasteiger partial charge in [-0.1, -0.05) is 30.3 Å². The number of aryl methyl sites for hydroxylation is 3. The van der Waals surface area contributed by atoms with Crippen LogP contribution >= 0.6 is 11.3 Å². The van der Waals surface area contributed by atoms with E-state index in [0.717, 1.165) is 35.0 Å². The SMILES string of the molecule is Cc1csc(Nc2ccccc2CCc2ccc(N)cc2)n1. The summed E-state index contributed by atoms with van der Waals surface area (Å²) in [6.45, 7) is 2.01. The van der Waals surface area contributed by atoms with Crippen LogP contribution in [0.5, 0.6) is 0 Å². The topological polar surface area (TPSA) is 50.9 Å². The maximum Gasteiger partial charge on any atom is 0.187 e. The van der Waals surface area contributed by atoms with Crippen molar-refractivity contribution >= 4 is 27.8 Å². The molecule has 0 fully saturated rings. The van der Waals surface area contributed by atoms with Gasteiger partial charge in [-0.15, -0.1) is 11.3 Å². The summed E-state index contributed by atoms with van der Waals surface area (Å²) in [6.07, 6.45) is 1.98. The lowest BCUT2D eigenvalue weighted by Gasteiger charge is -2.10. The number of para-hydroxylation sites is 1. The normalized spacial score (nSPS) is 10.6. The van der Waals surface area contributed by atoms with Crippen LogP contribution in [0.4, 0.5) is 16.5 Å². The number of nitrogens with two attached hydrogens (primary N) is 1. The molecule has 1 heterocycles. The Hall–Kier alpha value is -2.33. The summed E-state index contributed by atoms with van der Waals surface area (Å²) in [7, 11) is 0. The highest BCUT2D eigenvalue weighted by atomic mass is 32.1. The van der Waals surface area contributed by atoms with E-state index in [9.17, 15) is 0 Å². The molecule has 22 heavy (non-hydrogen) atoms. The molecule has 2 aromatic carbocycles. The number of nitrogen functional groups attached to an aromatic ring is 1. The van der Waals surface area contributed by atoms with Gasteiger partial charge >= 0.3 is 0 Å². The van der Waals surface area contributed by atoms with E-state index in [1.54, 1.807) is 11.3 Å². The second-order valence-electron chi connectivity index (χ2n) is 5.32. The molecule has 0 saturated heterocycles. The van der Waals surface area contributed by atoms with Crippen LogP contribution in [0, 0.1) is 6.92 Å². The van der Waals surface area contributed by atoms with Gasteiger partial charge in [0.25, 0.3) is 0 Å². The molecule has 0 spiro atoms. The van der Waals surface area contributed by atoms with Crippen LogP contribution in [0.3, 0.4) is 0 Å². The van der Waals surface area contributed by atoms with Crippen molar-refractivity contribution in [1.29, 1.82) is 0 Å². The van der Waals surface area contributed by atoms with Crippen LogP contribution in [0.15, 0.2) is 53.9 Å². The molecular formula is C18H19N3S. The molecule has 0 aliphatic carbocycles. The number of nitrogens with one attached hydrogen (secondary N) is 1. The van der Waals surface area contributed by atoms with E-state index in [0.29, 0.717) is 0 Å². The number of benzene rings is 2. The van der Waals surface area contributed by atoms with Crippen molar-refractivity contribution in [1.82, 2.24) is 4.98 Å². The Bertz CT molecular complexity index is 747. The van der Waals surface area contributed by atoms with E-state index in [2.05, 4.69) is 52.1 Å². The first-order chi connectivity index (χ1) is 10.7. The summed E-state index contributed by atoms with van der Waals surface area (Å²) in [5.41, 5.74) is 11.3. The maximum absolute atomic E-state index is 5.73. The average molecular weight is 309 g/mol. The fourth-order valence-corrected chi connectivity index (χ4v) is 3.05. The number of hydrogen-bond donors (Lipinski definition) is 2. The van der Waals surface area contributed by atoms with E-state index in [1.807, 2.05) is 19.1 Å². The Kier molecular flexibility index (Phi) is 4.39. The first kappa shape index (κ1) is 14.6. The van der Waals surface area contributed by atoms with Crippen molar-refractivity contribution < 1.29 is 0 Å². The highest BCUT2D eigenvalue weighted by Crippen LogP contribution is 2.24. The fourth-order valence-electron chi connectivity index (χ4n) is 2.35. The highest BCUT2D eigenvalue weighted by Gasteiger charge is 2.05. The van der Waals surface area contributed by atoms with Crippen LogP contribution in [-0.2, 0) is 12.8 Å². The van der Waals surface area contributed by atoms with Crippen molar-refractivity contribution in [2.75, 3.05) is 11.1 Å². The monoisotopic (exact) mass is 309 g/mol. The quantitative estimate of drug-likeness (QED) is 0.679. The van der Waals surface area contributed by atoms with Crippen LogP contribution in [0.25, 0.3) is 0 Å². The lowest BCUT2D eigenvalue weighted by molar-refractivity contribution is 0.962. The molecule has 0 saturated carbocycles. The Morgan fingerprint density at radius 1 is 1.05 bits per heavy atom. The summed E-state index contributed by atoms with van der Waals surface area (Å²) < 4.78 is 0. The minimum Gasteiger partial charge on any atom is -0.399 e. The van der Waals surface area contributed by atoms with Crippen LogP contribution in [0.1, 0.15) is 16.8 Å². The molecule has 3 N–H and O–H groups in total. The Morgan fingerprint density at radius 2 is 1.82 bits per heavy atom. The third kappa shape index (κ3) is 3.65. The zero-order valence-electron chi connectivity index (χ0n) is 12.5. The zero-order chi connectivity index (χ0) is 15.4. The third-order valence-corrected chi connectivity index (χ3v) is 4.42. The van der Waals surface area contributed by atoms with Crippen LogP contribution < -0.4 is 11.1 Å². The molecule has 0 aliphatic rings. The summed E-state index contributed by atoms with van der Waals surface area (Å²) >= 11 is 1.63. The molecular weight excluding hydrogens is 290 g/mol. The predicted octanol–water partition coefficient (Wildman–Crippen LogP) is 4.56. The number of aromatic nitrogens is 1. The van der Waals surface area contributed by atoms with E-state index in [4.69, 9.17) is 5.73 Å². The third-order valence-electron chi connectivity index (χ3n) is 3.54. The van der Waals surface area contributed by atoms with Crippen molar-refractivity contribution in [3.63, 3.8) is 0 Å². The Morgan fingerprint density at radius 3 is 2.55 bits per heavy atom. The van der Waals surface area contributed by atoms with Gasteiger partial charge in [0.1, 0.15) is 0 Å².